The molecule has 3 heterocycles. The first kappa shape index (κ1) is 17.6. The Morgan fingerprint density at radius 1 is 1.15 bits per heavy atom. The van der Waals surface area contributed by atoms with Crippen molar-refractivity contribution in [3.63, 3.8) is 0 Å². The topological polar surface area (TPSA) is 37.6 Å². The molecule has 4 nitrogen and oxygen atoms in total. The number of aromatic nitrogens is 2. The van der Waals surface area contributed by atoms with Crippen LogP contribution in [0.4, 0.5) is 18.9 Å². The first-order valence-corrected chi connectivity index (χ1v) is 8.75. The van der Waals surface area contributed by atoms with E-state index in [2.05, 4.69) is 4.98 Å². The lowest BCUT2D eigenvalue weighted by Crippen LogP contribution is -2.30. The van der Waals surface area contributed by atoms with Gasteiger partial charge in [0.05, 0.1) is 17.8 Å². The summed E-state index contributed by atoms with van der Waals surface area (Å²) in [5.74, 6) is 0. The molecule has 0 spiro atoms. The van der Waals surface area contributed by atoms with Crippen LogP contribution in [0, 0.1) is 6.92 Å². The molecule has 0 N–H and O–H groups in total. The van der Waals surface area contributed by atoms with E-state index in [9.17, 15) is 18.0 Å². The van der Waals surface area contributed by atoms with Crippen molar-refractivity contribution in [1.29, 1.82) is 0 Å². The molecule has 140 valence electrons. The van der Waals surface area contributed by atoms with Crippen LogP contribution in [0.15, 0.2) is 47.4 Å². The van der Waals surface area contributed by atoms with E-state index in [4.69, 9.17) is 0 Å². The number of nitrogens with zero attached hydrogens (tertiary/aromatic N) is 3. The molecule has 0 bridgehead atoms. The second kappa shape index (κ2) is 6.40. The molecule has 1 aliphatic heterocycles. The number of fused-ring (bicyclic) bond motifs is 2. The predicted molar refractivity (Wildman–Crippen MR) is 97.0 cm³/mol. The Kier molecular flexibility index (Phi) is 4.17. The molecule has 0 unspecified atom stereocenters. The van der Waals surface area contributed by atoms with Crippen LogP contribution in [0.2, 0.25) is 0 Å². The Hall–Kier alpha value is -2.83. The van der Waals surface area contributed by atoms with Gasteiger partial charge in [0.1, 0.15) is 5.65 Å². The first-order chi connectivity index (χ1) is 12.8. The summed E-state index contributed by atoms with van der Waals surface area (Å²) in [6.45, 7) is 2.82. The summed E-state index contributed by atoms with van der Waals surface area (Å²) in [4.78, 5) is 18.8. The number of pyridine rings is 1. The molecule has 27 heavy (non-hydrogen) atoms. The van der Waals surface area contributed by atoms with Crippen molar-refractivity contribution in [2.24, 2.45) is 0 Å². The fourth-order valence-electron chi connectivity index (χ4n) is 3.53. The molecular formula is C20H18F3N3O. The Labute approximate surface area is 153 Å². The van der Waals surface area contributed by atoms with Gasteiger partial charge in [-0.15, -0.1) is 0 Å². The van der Waals surface area contributed by atoms with Crippen molar-refractivity contribution in [2.75, 3.05) is 11.4 Å². The molecule has 0 amide bonds. The molecular weight excluding hydrogens is 355 g/mol. The zero-order chi connectivity index (χ0) is 19.2. The molecule has 0 saturated heterocycles. The molecule has 0 atom stereocenters. The maximum Gasteiger partial charge on any atom is 0.416 e. The Balaban J connectivity index is 1.71. The maximum absolute atomic E-state index is 13.1. The third-order valence-corrected chi connectivity index (χ3v) is 4.84. The fourth-order valence-corrected chi connectivity index (χ4v) is 3.53. The summed E-state index contributed by atoms with van der Waals surface area (Å²) in [5.41, 5.74) is 2.64. The van der Waals surface area contributed by atoms with Gasteiger partial charge in [-0.05, 0) is 49.1 Å². The van der Waals surface area contributed by atoms with Gasteiger partial charge in [0, 0.05) is 24.5 Å². The van der Waals surface area contributed by atoms with Crippen LogP contribution < -0.4 is 10.5 Å². The minimum atomic E-state index is -4.38. The number of hydrogen-bond donors (Lipinski definition) is 0. The second-order valence-corrected chi connectivity index (χ2v) is 6.89. The van der Waals surface area contributed by atoms with Crippen molar-refractivity contribution in [2.45, 2.75) is 32.5 Å². The van der Waals surface area contributed by atoms with Gasteiger partial charge in [0.25, 0.3) is 5.56 Å². The van der Waals surface area contributed by atoms with Gasteiger partial charge in [0.2, 0.25) is 0 Å². The van der Waals surface area contributed by atoms with E-state index in [1.54, 1.807) is 18.3 Å². The van der Waals surface area contributed by atoms with E-state index >= 15 is 0 Å². The van der Waals surface area contributed by atoms with Gasteiger partial charge < -0.3 is 4.90 Å². The van der Waals surface area contributed by atoms with Crippen LogP contribution in [0.25, 0.3) is 5.65 Å². The normalized spacial score (nSPS) is 14.4. The molecule has 1 aliphatic rings. The van der Waals surface area contributed by atoms with Crippen LogP contribution in [0.3, 0.4) is 0 Å². The van der Waals surface area contributed by atoms with Gasteiger partial charge in [0.15, 0.2) is 0 Å². The molecule has 0 fully saturated rings. The van der Waals surface area contributed by atoms with Crippen LogP contribution in [-0.2, 0) is 19.1 Å². The molecule has 3 aromatic rings. The van der Waals surface area contributed by atoms with Gasteiger partial charge >= 0.3 is 6.18 Å². The second-order valence-electron chi connectivity index (χ2n) is 6.89. The highest BCUT2D eigenvalue weighted by Gasteiger charge is 2.32. The number of rotatable bonds is 2. The molecule has 0 saturated carbocycles. The smallest absolute Gasteiger partial charge is 0.365 e. The van der Waals surface area contributed by atoms with Crippen LogP contribution in [-0.4, -0.2) is 15.9 Å². The minimum Gasteiger partial charge on any atom is -0.365 e. The number of anilines is 1. The van der Waals surface area contributed by atoms with E-state index in [0.717, 1.165) is 30.0 Å². The number of alkyl halides is 3. The summed E-state index contributed by atoms with van der Waals surface area (Å²) in [5, 5.41) is 0. The van der Waals surface area contributed by atoms with Crippen LogP contribution in [0.5, 0.6) is 0 Å². The molecule has 7 heteroatoms. The largest absolute Gasteiger partial charge is 0.416 e. The van der Waals surface area contributed by atoms with Gasteiger partial charge in [-0.25, -0.2) is 4.98 Å². The lowest BCUT2D eigenvalue weighted by Gasteiger charge is -2.31. The number of halogens is 3. The quantitative estimate of drug-likeness (QED) is 0.682. The fraction of sp³-hybridized carbons (Fsp3) is 0.300. The Morgan fingerprint density at radius 3 is 2.74 bits per heavy atom. The Bertz CT molecular complexity index is 1070. The van der Waals surface area contributed by atoms with E-state index in [1.807, 2.05) is 17.9 Å². The zero-order valence-corrected chi connectivity index (χ0v) is 14.8. The summed E-state index contributed by atoms with van der Waals surface area (Å²) >= 11 is 0. The molecule has 0 aliphatic carbocycles. The third-order valence-electron chi connectivity index (χ3n) is 4.84. The standard InChI is InChI=1S/C20H18F3N3O/c1-13-4-7-18-24-16(10-19(27)26(18)11-13)12-25-8-2-3-14-5-6-15(9-17(14)25)20(21,22)23/h4-7,9-11H,2-3,8,12H2,1H3. The molecule has 1 aromatic carbocycles. The monoisotopic (exact) mass is 373 g/mol. The van der Waals surface area contributed by atoms with E-state index in [0.29, 0.717) is 30.1 Å². The lowest BCUT2D eigenvalue weighted by molar-refractivity contribution is -0.137. The number of benzene rings is 1. The first-order valence-electron chi connectivity index (χ1n) is 8.75. The summed E-state index contributed by atoms with van der Waals surface area (Å²) in [6, 6.07) is 8.98. The summed E-state index contributed by atoms with van der Waals surface area (Å²) in [6.07, 6.45) is -1.06. The average molecular weight is 373 g/mol. The molecule has 2 aromatic heterocycles. The van der Waals surface area contributed by atoms with Crippen LogP contribution >= 0.6 is 0 Å². The molecule has 0 radical (unpaired) electrons. The van der Waals surface area contributed by atoms with E-state index < -0.39 is 11.7 Å². The summed E-state index contributed by atoms with van der Waals surface area (Å²) in [7, 11) is 0. The van der Waals surface area contributed by atoms with E-state index in [-0.39, 0.29) is 5.56 Å². The zero-order valence-electron chi connectivity index (χ0n) is 14.8. The van der Waals surface area contributed by atoms with Crippen molar-refractivity contribution in [3.8, 4) is 0 Å². The highest BCUT2D eigenvalue weighted by molar-refractivity contribution is 5.58. The van der Waals surface area contributed by atoms with Crippen molar-refractivity contribution in [1.82, 2.24) is 9.38 Å². The Morgan fingerprint density at radius 2 is 1.96 bits per heavy atom. The third kappa shape index (κ3) is 3.41. The predicted octanol–water partition coefficient (Wildman–Crippen LogP) is 3.97. The van der Waals surface area contributed by atoms with Gasteiger partial charge in [-0.1, -0.05) is 12.1 Å². The average Bonchev–Trinajstić information content (AvgIpc) is 2.61. The lowest BCUT2D eigenvalue weighted by atomic mass is 9.99. The van der Waals surface area contributed by atoms with Gasteiger partial charge in [-0.2, -0.15) is 13.2 Å². The van der Waals surface area contributed by atoms with E-state index in [1.165, 1.54) is 16.5 Å². The minimum absolute atomic E-state index is 0.194. The van der Waals surface area contributed by atoms with Gasteiger partial charge in [-0.3, -0.25) is 9.20 Å². The highest BCUT2D eigenvalue weighted by atomic mass is 19.4. The summed E-state index contributed by atoms with van der Waals surface area (Å²) < 4.78 is 40.8. The molecule has 4 rings (SSSR count). The SMILES string of the molecule is Cc1ccc2nc(CN3CCCc4ccc(C(F)(F)F)cc43)cc(=O)n2c1. The van der Waals surface area contributed by atoms with Crippen molar-refractivity contribution < 1.29 is 13.2 Å². The number of hydrogen-bond acceptors (Lipinski definition) is 3. The number of aryl methyl sites for hydroxylation is 2. The highest BCUT2D eigenvalue weighted by Crippen LogP contribution is 2.36. The van der Waals surface area contributed by atoms with Crippen LogP contribution in [0.1, 0.15) is 28.8 Å². The van der Waals surface area contributed by atoms with Crippen molar-refractivity contribution in [3.05, 3.63) is 75.3 Å². The maximum atomic E-state index is 13.1. The van der Waals surface area contributed by atoms with Crippen molar-refractivity contribution >= 4 is 11.3 Å².